The Morgan fingerprint density at radius 2 is 2.00 bits per heavy atom. The summed E-state index contributed by atoms with van der Waals surface area (Å²) in [7, 11) is 0. The molecule has 2 heterocycles. The topological polar surface area (TPSA) is 17.3 Å². The van der Waals surface area contributed by atoms with Crippen LogP contribution in [0.4, 0.5) is 0 Å². The van der Waals surface area contributed by atoms with Crippen molar-refractivity contribution in [3.05, 3.63) is 33.7 Å². The van der Waals surface area contributed by atoms with E-state index >= 15 is 0 Å². The molecule has 0 unspecified atom stereocenters. The molecule has 3 heteroatoms. The van der Waals surface area contributed by atoms with E-state index in [0.29, 0.717) is 0 Å². The summed E-state index contributed by atoms with van der Waals surface area (Å²) in [4.78, 5) is 4.72. The Labute approximate surface area is 97.5 Å². The Morgan fingerprint density at radius 1 is 1.27 bits per heavy atom. The molecule has 1 fully saturated rings. The number of aryl methyl sites for hydroxylation is 2. The summed E-state index contributed by atoms with van der Waals surface area (Å²) in [5.74, 6) is 0.725. The molecule has 2 nitrogen and oxygen atoms in total. The first kappa shape index (κ1) is 9.40. The Bertz CT molecular complexity index is 538. The highest BCUT2D eigenvalue weighted by Gasteiger charge is 2.28. The summed E-state index contributed by atoms with van der Waals surface area (Å²) in [6.45, 7) is 4.30. The van der Waals surface area contributed by atoms with Gasteiger partial charge < -0.3 is 4.40 Å². The summed E-state index contributed by atoms with van der Waals surface area (Å²) in [5, 5.41) is 0. The maximum Gasteiger partial charge on any atom is 0.137 e. The molecule has 0 aliphatic heterocycles. The molecule has 15 heavy (non-hydrogen) atoms. The summed E-state index contributed by atoms with van der Waals surface area (Å²) in [6.07, 6.45) is 2.62. The smallest absolute Gasteiger partial charge is 0.137 e. The average molecular weight is 265 g/mol. The average Bonchev–Trinajstić information content (AvgIpc) is 2.98. The normalized spacial score (nSPS) is 16.2. The fraction of sp³-hybridized carbons (Fsp3) is 0.417. The van der Waals surface area contributed by atoms with Crippen LogP contribution in [0.5, 0.6) is 0 Å². The van der Waals surface area contributed by atoms with Crippen molar-refractivity contribution in [2.24, 2.45) is 0 Å². The van der Waals surface area contributed by atoms with E-state index in [4.69, 9.17) is 4.98 Å². The lowest BCUT2D eigenvalue weighted by atomic mass is 10.2. The Kier molecular flexibility index (Phi) is 1.93. The van der Waals surface area contributed by atoms with Gasteiger partial charge in [0.25, 0.3) is 0 Å². The zero-order chi connectivity index (χ0) is 10.6. The van der Waals surface area contributed by atoms with Gasteiger partial charge in [-0.15, -0.1) is 0 Å². The van der Waals surface area contributed by atoms with Gasteiger partial charge in [0.1, 0.15) is 5.65 Å². The monoisotopic (exact) mass is 264 g/mol. The SMILES string of the molecule is Cc1c(Br)ccc2nc(C3CC3)c(C)n12. The van der Waals surface area contributed by atoms with E-state index < -0.39 is 0 Å². The second-order valence-electron chi connectivity index (χ2n) is 4.32. The van der Waals surface area contributed by atoms with Gasteiger partial charge in [-0.25, -0.2) is 4.98 Å². The van der Waals surface area contributed by atoms with Gasteiger partial charge in [-0.1, -0.05) is 0 Å². The molecule has 0 aromatic carbocycles. The number of rotatable bonds is 1. The number of hydrogen-bond donors (Lipinski definition) is 0. The van der Waals surface area contributed by atoms with Crippen LogP contribution in [-0.4, -0.2) is 9.38 Å². The third-order valence-electron chi connectivity index (χ3n) is 3.19. The fourth-order valence-electron chi connectivity index (χ4n) is 2.19. The Morgan fingerprint density at radius 3 is 2.67 bits per heavy atom. The minimum absolute atomic E-state index is 0.725. The Balaban J connectivity index is 2.35. The van der Waals surface area contributed by atoms with E-state index in [1.54, 1.807) is 0 Å². The van der Waals surface area contributed by atoms with Gasteiger partial charge in [0.2, 0.25) is 0 Å². The van der Waals surface area contributed by atoms with Gasteiger partial charge >= 0.3 is 0 Å². The van der Waals surface area contributed by atoms with Crippen LogP contribution in [0.2, 0.25) is 0 Å². The molecule has 3 rings (SSSR count). The molecule has 0 atom stereocenters. The molecular weight excluding hydrogens is 252 g/mol. The molecule has 2 aromatic rings. The minimum Gasteiger partial charge on any atom is -0.300 e. The molecule has 0 spiro atoms. The maximum absolute atomic E-state index is 4.72. The number of pyridine rings is 1. The van der Waals surface area contributed by atoms with E-state index in [1.807, 2.05) is 0 Å². The van der Waals surface area contributed by atoms with E-state index in [2.05, 4.69) is 46.3 Å². The lowest BCUT2D eigenvalue weighted by Crippen LogP contribution is -1.94. The molecule has 1 saturated carbocycles. The lowest BCUT2D eigenvalue weighted by Gasteiger charge is -2.04. The first-order valence-corrected chi connectivity index (χ1v) is 6.12. The van der Waals surface area contributed by atoms with E-state index in [9.17, 15) is 0 Å². The molecule has 1 aliphatic carbocycles. The van der Waals surface area contributed by atoms with Crippen molar-refractivity contribution < 1.29 is 0 Å². The van der Waals surface area contributed by atoms with E-state index in [1.165, 1.54) is 29.9 Å². The van der Waals surface area contributed by atoms with Crippen LogP contribution in [0.3, 0.4) is 0 Å². The number of aromatic nitrogens is 2. The van der Waals surface area contributed by atoms with Crippen LogP contribution in [-0.2, 0) is 0 Å². The van der Waals surface area contributed by atoms with Crippen molar-refractivity contribution in [3.8, 4) is 0 Å². The fourth-order valence-corrected chi connectivity index (χ4v) is 2.50. The van der Waals surface area contributed by atoms with Crippen LogP contribution in [0.25, 0.3) is 5.65 Å². The molecule has 0 radical (unpaired) electrons. The third-order valence-corrected chi connectivity index (χ3v) is 4.03. The number of nitrogens with zero attached hydrogens (tertiary/aromatic N) is 2. The van der Waals surface area contributed by atoms with E-state index in [-0.39, 0.29) is 0 Å². The summed E-state index contributed by atoms with van der Waals surface area (Å²) in [6, 6.07) is 4.16. The zero-order valence-electron chi connectivity index (χ0n) is 8.92. The molecule has 0 amide bonds. The molecule has 0 N–H and O–H groups in total. The highest BCUT2D eigenvalue weighted by molar-refractivity contribution is 9.10. The molecule has 0 bridgehead atoms. The molecular formula is C12H13BrN2. The largest absolute Gasteiger partial charge is 0.300 e. The second-order valence-corrected chi connectivity index (χ2v) is 5.17. The van der Waals surface area contributed by atoms with Crippen LogP contribution < -0.4 is 0 Å². The standard InChI is InChI=1S/C12H13BrN2/c1-7-10(13)5-6-11-14-12(9-3-4-9)8(2)15(7)11/h5-6,9H,3-4H2,1-2H3. The predicted molar refractivity (Wildman–Crippen MR) is 64.3 cm³/mol. The number of halogens is 1. The van der Waals surface area contributed by atoms with Crippen molar-refractivity contribution >= 4 is 21.6 Å². The third kappa shape index (κ3) is 1.33. The van der Waals surface area contributed by atoms with Crippen LogP contribution in [0.15, 0.2) is 16.6 Å². The summed E-state index contributed by atoms with van der Waals surface area (Å²) >= 11 is 3.56. The molecule has 1 aliphatic rings. The van der Waals surface area contributed by atoms with Crippen molar-refractivity contribution in [2.75, 3.05) is 0 Å². The number of imidazole rings is 1. The van der Waals surface area contributed by atoms with Gasteiger partial charge in [0.05, 0.1) is 5.69 Å². The van der Waals surface area contributed by atoms with Crippen molar-refractivity contribution in [3.63, 3.8) is 0 Å². The molecule has 78 valence electrons. The number of hydrogen-bond acceptors (Lipinski definition) is 1. The van der Waals surface area contributed by atoms with Crippen LogP contribution >= 0.6 is 15.9 Å². The highest BCUT2D eigenvalue weighted by atomic mass is 79.9. The second kappa shape index (κ2) is 3.08. The van der Waals surface area contributed by atoms with Gasteiger partial charge in [-0.2, -0.15) is 0 Å². The molecule has 2 aromatic heterocycles. The van der Waals surface area contributed by atoms with Crippen molar-refractivity contribution in [2.45, 2.75) is 32.6 Å². The maximum atomic E-state index is 4.72. The van der Waals surface area contributed by atoms with Crippen molar-refractivity contribution in [1.82, 2.24) is 9.38 Å². The summed E-state index contributed by atoms with van der Waals surface area (Å²) in [5.41, 5.74) is 4.93. The van der Waals surface area contributed by atoms with Crippen molar-refractivity contribution in [1.29, 1.82) is 0 Å². The molecule has 0 saturated heterocycles. The highest BCUT2D eigenvalue weighted by Crippen LogP contribution is 2.41. The van der Waals surface area contributed by atoms with Gasteiger partial charge in [0.15, 0.2) is 0 Å². The van der Waals surface area contributed by atoms with Crippen LogP contribution in [0.1, 0.15) is 35.8 Å². The quantitative estimate of drug-likeness (QED) is 0.770. The zero-order valence-corrected chi connectivity index (χ0v) is 10.5. The van der Waals surface area contributed by atoms with Gasteiger partial charge in [-0.05, 0) is 54.8 Å². The van der Waals surface area contributed by atoms with Gasteiger partial charge in [-0.3, -0.25) is 0 Å². The summed E-state index contributed by atoms with van der Waals surface area (Å²) < 4.78 is 3.40. The number of fused-ring (bicyclic) bond motifs is 1. The lowest BCUT2D eigenvalue weighted by molar-refractivity contribution is 0.984. The minimum atomic E-state index is 0.725. The van der Waals surface area contributed by atoms with Gasteiger partial charge in [0, 0.05) is 21.8 Å². The van der Waals surface area contributed by atoms with Crippen LogP contribution in [0, 0.1) is 13.8 Å². The first-order valence-electron chi connectivity index (χ1n) is 5.32. The Hall–Kier alpha value is -0.830. The van der Waals surface area contributed by atoms with E-state index in [0.717, 1.165) is 16.0 Å². The first-order chi connectivity index (χ1) is 7.18. The predicted octanol–water partition coefficient (Wildman–Crippen LogP) is 3.59.